The normalized spacial score (nSPS) is 10.5. The third kappa shape index (κ3) is 3.64. The summed E-state index contributed by atoms with van der Waals surface area (Å²) in [4.78, 5) is 12.1. The monoisotopic (exact) mass is 332 g/mol. The lowest BCUT2D eigenvalue weighted by Crippen LogP contribution is -2.04. The van der Waals surface area contributed by atoms with Gasteiger partial charge in [0.15, 0.2) is 5.78 Å². The number of hydrogen-bond acceptors (Lipinski definition) is 1. The molecule has 0 saturated heterocycles. The molecule has 2 rings (SSSR count). The molecule has 0 spiro atoms. The Labute approximate surface area is 131 Å². The van der Waals surface area contributed by atoms with Crippen molar-refractivity contribution in [3.8, 4) is 0 Å². The van der Waals surface area contributed by atoms with Crippen molar-refractivity contribution in [1.29, 1.82) is 0 Å². The summed E-state index contributed by atoms with van der Waals surface area (Å²) in [6, 6.07) is 9.80. The second kappa shape index (κ2) is 6.15. The van der Waals surface area contributed by atoms with Crippen LogP contribution in [0.1, 0.15) is 15.9 Å². The fourth-order valence-corrected chi connectivity index (χ4v) is 2.30. The molecule has 19 heavy (non-hydrogen) atoms. The SMILES string of the molecule is O=C(Cc1cc(Cl)ccc1Cl)c1ccc(Cl)c(Cl)c1. The number of carbonyl (C=O) groups is 1. The van der Waals surface area contributed by atoms with Crippen LogP contribution in [0.25, 0.3) is 0 Å². The summed E-state index contributed by atoms with van der Waals surface area (Å²) in [5, 5.41) is 1.82. The Bertz CT molecular complexity index is 637. The van der Waals surface area contributed by atoms with Crippen LogP contribution in [0.4, 0.5) is 0 Å². The predicted octanol–water partition coefficient (Wildman–Crippen LogP) is 5.73. The van der Waals surface area contributed by atoms with Crippen molar-refractivity contribution in [3.05, 3.63) is 67.6 Å². The number of ketones is 1. The molecular weight excluding hydrogens is 326 g/mol. The summed E-state index contributed by atoms with van der Waals surface area (Å²) < 4.78 is 0. The van der Waals surface area contributed by atoms with E-state index in [9.17, 15) is 4.79 Å². The molecule has 0 bridgehead atoms. The van der Waals surface area contributed by atoms with E-state index in [0.29, 0.717) is 31.2 Å². The molecule has 0 aliphatic heterocycles. The number of benzene rings is 2. The highest BCUT2D eigenvalue weighted by molar-refractivity contribution is 6.42. The summed E-state index contributed by atoms with van der Waals surface area (Å²) >= 11 is 23.6. The Balaban J connectivity index is 2.25. The summed E-state index contributed by atoms with van der Waals surface area (Å²) in [5.74, 6) is -0.0947. The molecule has 0 aliphatic rings. The number of rotatable bonds is 3. The minimum atomic E-state index is -0.0947. The summed E-state index contributed by atoms with van der Waals surface area (Å²) in [6.45, 7) is 0. The van der Waals surface area contributed by atoms with Crippen LogP contribution < -0.4 is 0 Å². The molecule has 0 aromatic heterocycles. The molecule has 0 unspecified atom stereocenters. The molecule has 98 valence electrons. The topological polar surface area (TPSA) is 17.1 Å². The van der Waals surface area contributed by atoms with Gasteiger partial charge in [0.25, 0.3) is 0 Å². The van der Waals surface area contributed by atoms with Crippen LogP contribution in [0.5, 0.6) is 0 Å². The van der Waals surface area contributed by atoms with E-state index >= 15 is 0 Å². The maximum Gasteiger partial charge on any atom is 0.167 e. The van der Waals surface area contributed by atoms with E-state index in [-0.39, 0.29) is 12.2 Å². The maximum absolute atomic E-state index is 12.1. The van der Waals surface area contributed by atoms with E-state index in [1.165, 1.54) is 0 Å². The molecule has 0 aliphatic carbocycles. The summed E-state index contributed by atoms with van der Waals surface area (Å²) in [6.07, 6.45) is 0.164. The van der Waals surface area contributed by atoms with Crippen molar-refractivity contribution in [3.63, 3.8) is 0 Å². The number of Topliss-reactive ketones (excluding diaryl/α,β-unsaturated/α-hetero) is 1. The smallest absolute Gasteiger partial charge is 0.167 e. The Morgan fingerprint density at radius 1 is 0.842 bits per heavy atom. The average Bonchev–Trinajstić information content (AvgIpc) is 2.37. The van der Waals surface area contributed by atoms with Gasteiger partial charge in [-0.1, -0.05) is 46.4 Å². The van der Waals surface area contributed by atoms with Gasteiger partial charge in [0.2, 0.25) is 0 Å². The van der Waals surface area contributed by atoms with E-state index in [1.807, 2.05) is 0 Å². The van der Waals surface area contributed by atoms with Gasteiger partial charge in [0.05, 0.1) is 10.0 Å². The summed E-state index contributed by atoms with van der Waals surface area (Å²) in [5.41, 5.74) is 1.18. The lowest BCUT2D eigenvalue weighted by Gasteiger charge is -2.05. The first-order chi connectivity index (χ1) is 8.97. The predicted molar refractivity (Wildman–Crippen MR) is 81.0 cm³/mol. The van der Waals surface area contributed by atoms with Gasteiger partial charge in [-0.3, -0.25) is 4.79 Å². The molecule has 0 radical (unpaired) electrons. The standard InChI is InChI=1S/C14H8Cl4O/c15-10-2-4-11(16)9(5-10)7-14(19)8-1-3-12(17)13(18)6-8/h1-6H,7H2. The van der Waals surface area contributed by atoms with Crippen LogP contribution >= 0.6 is 46.4 Å². The Morgan fingerprint density at radius 2 is 1.53 bits per heavy atom. The highest BCUT2D eigenvalue weighted by Crippen LogP contribution is 2.25. The number of halogens is 4. The fourth-order valence-electron chi connectivity index (χ4n) is 1.62. The Hall–Kier alpha value is -0.730. The zero-order chi connectivity index (χ0) is 14.0. The molecule has 2 aromatic carbocycles. The molecule has 0 heterocycles. The molecule has 0 fully saturated rings. The van der Waals surface area contributed by atoms with Gasteiger partial charge in [-0.05, 0) is 42.0 Å². The molecule has 0 amide bonds. The van der Waals surface area contributed by atoms with E-state index in [4.69, 9.17) is 46.4 Å². The number of carbonyl (C=O) groups excluding carboxylic acids is 1. The van der Waals surface area contributed by atoms with Crippen LogP contribution in [-0.4, -0.2) is 5.78 Å². The zero-order valence-corrected chi connectivity index (χ0v) is 12.6. The molecule has 0 N–H and O–H groups in total. The van der Waals surface area contributed by atoms with E-state index in [1.54, 1.807) is 36.4 Å². The first-order valence-corrected chi connectivity index (χ1v) is 6.91. The van der Waals surface area contributed by atoms with Crippen molar-refractivity contribution in [2.24, 2.45) is 0 Å². The van der Waals surface area contributed by atoms with Gasteiger partial charge in [0, 0.05) is 22.0 Å². The second-order valence-electron chi connectivity index (χ2n) is 3.96. The van der Waals surface area contributed by atoms with Crippen LogP contribution in [0.15, 0.2) is 36.4 Å². The zero-order valence-electron chi connectivity index (χ0n) is 9.59. The van der Waals surface area contributed by atoms with E-state index in [0.717, 1.165) is 0 Å². The van der Waals surface area contributed by atoms with Crippen molar-refractivity contribution in [2.75, 3.05) is 0 Å². The quantitative estimate of drug-likeness (QED) is 0.656. The highest BCUT2D eigenvalue weighted by atomic mass is 35.5. The van der Waals surface area contributed by atoms with Gasteiger partial charge >= 0.3 is 0 Å². The van der Waals surface area contributed by atoms with Crippen molar-refractivity contribution < 1.29 is 4.79 Å². The Kier molecular flexibility index (Phi) is 4.75. The number of hydrogen-bond donors (Lipinski definition) is 0. The Morgan fingerprint density at radius 3 is 2.21 bits per heavy atom. The lowest BCUT2D eigenvalue weighted by atomic mass is 10.0. The van der Waals surface area contributed by atoms with E-state index < -0.39 is 0 Å². The van der Waals surface area contributed by atoms with Gasteiger partial charge in [-0.2, -0.15) is 0 Å². The van der Waals surface area contributed by atoms with Gasteiger partial charge in [-0.15, -0.1) is 0 Å². The fraction of sp³-hybridized carbons (Fsp3) is 0.0714. The summed E-state index contributed by atoms with van der Waals surface area (Å²) in [7, 11) is 0. The molecule has 2 aromatic rings. The van der Waals surface area contributed by atoms with Gasteiger partial charge in [-0.25, -0.2) is 0 Å². The molecule has 0 saturated carbocycles. The minimum absolute atomic E-state index is 0.0947. The van der Waals surface area contributed by atoms with Crippen LogP contribution in [0.2, 0.25) is 20.1 Å². The second-order valence-corrected chi connectivity index (χ2v) is 5.62. The van der Waals surface area contributed by atoms with Crippen LogP contribution in [-0.2, 0) is 6.42 Å². The molecule has 5 heteroatoms. The van der Waals surface area contributed by atoms with Gasteiger partial charge in [0.1, 0.15) is 0 Å². The van der Waals surface area contributed by atoms with Crippen molar-refractivity contribution in [2.45, 2.75) is 6.42 Å². The maximum atomic E-state index is 12.1. The van der Waals surface area contributed by atoms with E-state index in [2.05, 4.69) is 0 Å². The minimum Gasteiger partial charge on any atom is -0.294 e. The highest BCUT2D eigenvalue weighted by Gasteiger charge is 2.11. The molecule has 1 nitrogen and oxygen atoms in total. The third-order valence-corrected chi connectivity index (χ3v) is 3.94. The van der Waals surface area contributed by atoms with Crippen molar-refractivity contribution >= 4 is 52.2 Å². The van der Waals surface area contributed by atoms with Gasteiger partial charge < -0.3 is 0 Å². The first kappa shape index (κ1) is 14.7. The van der Waals surface area contributed by atoms with Crippen molar-refractivity contribution in [1.82, 2.24) is 0 Å². The van der Waals surface area contributed by atoms with Crippen LogP contribution in [0, 0.1) is 0 Å². The first-order valence-electron chi connectivity index (χ1n) is 5.39. The third-order valence-electron chi connectivity index (χ3n) is 2.60. The van der Waals surface area contributed by atoms with Crippen LogP contribution in [0.3, 0.4) is 0 Å². The average molecular weight is 334 g/mol. The molecule has 0 atom stereocenters. The molecular formula is C14H8Cl4O. The lowest BCUT2D eigenvalue weighted by molar-refractivity contribution is 0.0993. The largest absolute Gasteiger partial charge is 0.294 e.